The smallest absolute Gasteiger partial charge is 0.0972 e. The third-order valence-corrected chi connectivity index (χ3v) is 4.04. The van der Waals surface area contributed by atoms with E-state index in [0.717, 1.165) is 0 Å². The molecule has 5 heteroatoms. The van der Waals surface area contributed by atoms with E-state index in [1.165, 1.54) is 0 Å². The van der Waals surface area contributed by atoms with Gasteiger partial charge in [0.1, 0.15) is 0 Å². The highest BCUT2D eigenvalue weighted by atomic mass is 32.2. The zero-order valence-corrected chi connectivity index (χ0v) is 9.73. The number of aliphatic hydroxyl groups is 2. The van der Waals surface area contributed by atoms with Crippen LogP contribution < -0.4 is 4.72 Å². The second-order valence-electron chi connectivity index (χ2n) is 4.99. The van der Waals surface area contributed by atoms with Crippen molar-refractivity contribution in [1.82, 2.24) is 4.72 Å². The molecule has 0 aliphatic heterocycles. The van der Waals surface area contributed by atoms with Gasteiger partial charge < -0.3 is 10.2 Å². The van der Waals surface area contributed by atoms with E-state index in [9.17, 15) is 9.32 Å². The molecular formula is C9H19NO3S. The first kappa shape index (κ1) is 12.1. The van der Waals surface area contributed by atoms with Crippen LogP contribution in [0.3, 0.4) is 0 Å². The Labute approximate surface area is 87.3 Å². The summed E-state index contributed by atoms with van der Waals surface area (Å²) < 4.78 is 14.3. The largest absolute Gasteiger partial charge is 0.393 e. The van der Waals surface area contributed by atoms with Crippen LogP contribution in [0.5, 0.6) is 0 Å². The predicted octanol–water partition coefficient (Wildman–Crippen LogP) is -0.0760. The average molecular weight is 221 g/mol. The third-order valence-electron chi connectivity index (χ3n) is 2.38. The van der Waals surface area contributed by atoms with Gasteiger partial charge in [-0.25, -0.2) is 8.93 Å². The molecule has 0 heterocycles. The van der Waals surface area contributed by atoms with Crippen molar-refractivity contribution in [3.05, 3.63) is 0 Å². The Morgan fingerprint density at radius 3 is 2.36 bits per heavy atom. The van der Waals surface area contributed by atoms with Crippen molar-refractivity contribution in [2.75, 3.05) is 6.61 Å². The topological polar surface area (TPSA) is 69.6 Å². The number of aliphatic hydroxyl groups excluding tert-OH is 1. The lowest BCUT2D eigenvalue weighted by molar-refractivity contribution is -0.0873. The summed E-state index contributed by atoms with van der Waals surface area (Å²) in [5.74, 6) is 0. The van der Waals surface area contributed by atoms with Gasteiger partial charge in [-0.2, -0.15) is 0 Å². The maximum absolute atomic E-state index is 11.6. The van der Waals surface area contributed by atoms with Crippen LogP contribution in [0.1, 0.15) is 33.6 Å². The highest BCUT2D eigenvalue weighted by molar-refractivity contribution is 7.84. The summed E-state index contributed by atoms with van der Waals surface area (Å²) in [4.78, 5) is 0. The SMILES string of the molecule is CC(C)(C)S(=O)NC1CC(O)(CO)C1. The van der Waals surface area contributed by atoms with Gasteiger partial charge in [0.2, 0.25) is 0 Å². The summed E-state index contributed by atoms with van der Waals surface area (Å²) >= 11 is 0. The molecule has 1 rings (SSSR count). The van der Waals surface area contributed by atoms with E-state index in [0.29, 0.717) is 12.8 Å². The summed E-state index contributed by atoms with van der Waals surface area (Å²) in [5, 5.41) is 18.3. The summed E-state index contributed by atoms with van der Waals surface area (Å²) in [5.41, 5.74) is -0.945. The van der Waals surface area contributed by atoms with Gasteiger partial charge in [-0.05, 0) is 33.6 Å². The number of rotatable bonds is 3. The van der Waals surface area contributed by atoms with Crippen molar-refractivity contribution < 1.29 is 14.4 Å². The molecule has 1 unspecified atom stereocenters. The van der Waals surface area contributed by atoms with Gasteiger partial charge in [-0.1, -0.05) is 0 Å². The first-order valence-electron chi connectivity index (χ1n) is 4.78. The molecule has 3 N–H and O–H groups in total. The van der Waals surface area contributed by atoms with Gasteiger partial charge >= 0.3 is 0 Å². The monoisotopic (exact) mass is 221 g/mol. The van der Waals surface area contributed by atoms with Crippen LogP contribution in [0, 0.1) is 0 Å². The van der Waals surface area contributed by atoms with Crippen LogP contribution in [0.15, 0.2) is 0 Å². The van der Waals surface area contributed by atoms with E-state index in [1.54, 1.807) is 0 Å². The van der Waals surface area contributed by atoms with E-state index >= 15 is 0 Å². The van der Waals surface area contributed by atoms with Gasteiger partial charge in [0.05, 0.1) is 27.9 Å². The number of hydrogen-bond acceptors (Lipinski definition) is 3. The normalized spacial score (nSPS) is 35.1. The summed E-state index contributed by atoms with van der Waals surface area (Å²) in [7, 11) is -1.09. The van der Waals surface area contributed by atoms with Crippen molar-refractivity contribution in [1.29, 1.82) is 0 Å². The minimum Gasteiger partial charge on any atom is -0.393 e. The highest BCUT2D eigenvalue weighted by Gasteiger charge is 2.43. The lowest BCUT2D eigenvalue weighted by atomic mass is 9.77. The van der Waals surface area contributed by atoms with Crippen molar-refractivity contribution in [2.45, 2.75) is 50.0 Å². The summed E-state index contributed by atoms with van der Waals surface area (Å²) in [6, 6.07) is 0.0622. The first-order chi connectivity index (χ1) is 6.27. The zero-order valence-electron chi connectivity index (χ0n) is 8.91. The molecule has 1 saturated carbocycles. The molecule has 0 saturated heterocycles. The molecule has 0 aromatic heterocycles. The molecule has 1 atom stereocenters. The number of nitrogens with one attached hydrogen (secondary N) is 1. The summed E-state index contributed by atoms with van der Waals surface area (Å²) in [6.45, 7) is 5.47. The molecule has 0 spiro atoms. The van der Waals surface area contributed by atoms with Gasteiger partial charge in [0.25, 0.3) is 0 Å². The molecule has 0 aromatic rings. The van der Waals surface area contributed by atoms with Crippen LogP contribution in [0.2, 0.25) is 0 Å². The molecule has 1 fully saturated rings. The molecule has 84 valence electrons. The molecule has 0 aromatic carbocycles. The maximum atomic E-state index is 11.6. The van der Waals surface area contributed by atoms with Gasteiger partial charge in [0.15, 0.2) is 0 Å². The quantitative estimate of drug-likeness (QED) is 0.624. The minimum absolute atomic E-state index is 0.0622. The van der Waals surface area contributed by atoms with Crippen LogP contribution in [0.4, 0.5) is 0 Å². The number of hydrogen-bond donors (Lipinski definition) is 3. The minimum atomic E-state index is -1.09. The Bertz CT molecular complexity index is 231. The van der Waals surface area contributed by atoms with Crippen LogP contribution in [0.25, 0.3) is 0 Å². The second-order valence-corrected chi connectivity index (χ2v) is 6.98. The Kier molecular flexibility index (Phi) is 3.36. The van der Waals surface area contributed by atoms with E-state index < -0.39 is 16.6 Å². The van der Waals surface area contributed by atoms with Crippen molar-refractivity contribution >= 4 is 11.0 Å². The molecule has 4 nitrogen and oxygen atoms in total. The Morgan fingerprint density at radius 1 is 1.50 bits per heavy atom. The second kappa shape index (κ2) is 3.89. The lowest BCUT2D eigenvalue weighted by Crippen LogP contribution is -2.57. The summed E-state index contributed by atoms with van der Waals surface area (Å²) in [6.07, 6.45) is 0.955. The van der Waals surface area contributed by atoms with Gasteiger partial charge in [-0.15, -0.1) is 0 Å². The Hall–Kier alpha value is 0.0300. The maximum Gasteiger partial charge on any atom is 0.0972 e. The molecule has 0 bridgehead atoms. The van der Waals surface area contributed by atoms with Crippen molar-refractivity contribution in [3.8, 4) is 0 Å². The van der Waals surface area contributed by atoms with E-state index in [1.807, 2.05) is 20.8 Å². The third kappa shape index (κ3) is 2.76. The Morgan fingerprint density at radius 2 is 2.00 bits per heavy atom. The fourth-order valence-electron chi connectivity index (χ4n) is 1.40. The predicted molar refractivity (Wildman–Crippen MR) is 56.1 cm³/mol. The molecule has 1 aliphatic rings. The standard InChI is InChI=1S/C9H19NO3S/c1-8(2,3)14(13)10-7-4-9(12,5-7)6-11/h7,10-12H,4-6H2,1-3H3. The zero-order chi connectivity index (χ0) is 11.0. The van der Waals surface area contributed by atoms with Gasteiger partial charge in [-0.3, -0.25) is 0 Å². The van der Waals surface area contributed by atoms with Crippen LogP contribution in [-0.2, 0) is 11.0 Å². The fourth-order valence-corrected chi connectivity index (χ4v) is 2.22. The van der Waals surface area contributed by atoms with Crippen LogP contribution in [-0.4, -0.2) is 37.4 Å². The molecule has 1 aliphatic carbocycles. The first-order valence-corrected chi connectivity index (χ1v) is 5.93. The fraction of sp³-hybridized carbons (Fsp3) is 1.00. The molecular weight excluding hydrogens is 202 g/mol. The molecule has 14 heavy (non-hydrogen) atoms. The highest BCUT2D eigenvalue weighted by Crippen LogP contribution is 2.32. The molecule has 0 radical (unpaired) electrons. The van der Waals surface area contributed by atoms with E-state index in [-0.39, 0.29) is 17.4 Å². The van der Waals surface area contributed by atoms with Crippen LogP contribution >= 0.6 is 0 Å². The van der Waals surface area contributed by atoms with Gasteiger partial charge in [0, 0.05) is 6.04 Å². The molecule has 0 amide bonds. The van der Waals surface area contributed by atoms with Crippen molar-refractivity contribution in [2.24, 2.45) is 0 Å². The van der Waals surface area contributed by atoms with E-state index in [2.05, 4.69) is 4.72 Å². The van der Waals surface area contributed by atoms with Crippen molar-refractivity contribution in [3.63, 3.8) is 0 Å². The lowest BCUT2D eigenvalue weighted by Gasteiger charge is -2.43. The van der Waals surface area contributed by atoms with E-state index in [4.69, 9.17) is 5.11 Å². The Balaban J connectivity index is 2.34. The average Bonchev–Trinajstić information content (AvgIpc) is 1.99.